The molecule has 0 aromatic rings. The Kier molecular flexibility index (Phi) is 3.38. The zero-order valence-corrected chi connectivity index (χ0v) is 7.60. The van der Waals surface area contributed by atoms with Crippen LogP contribution in [0.5, 0.6) is 0 Å². The maximum atomic E-state index is 8.10. The fourth-order valence-corrected chi connectivity index (χ4v) is 1.45. The fraction of sp³-hybridized carbons (Fsp3) is 1.00. The molecule has 1 heterocycles. The van der Waals surface area contributed by atoms with E-state index in [-0.39, 0.29) is 6.10 Å². The molecule has 4 heteroatoms. The lowest BCUT2D eigenvalue weighted by Crippen LogP contribution is -2.10. The lowest BCUT2D eigenvalue weighted by Gasteiger charge is -2.10. The smallest absolute Gasteiger partial charge is 0.0635 e. The molecule has 0 unspecified atom stereocenters. The molecule has 0 radical (unpaired) electrons. The lowest BCUT2D eigenvalue weighted by molar-refractivity contribution is 0.109. The summed E-state index contributed by atoms with van der Waals surface area (Å²) in [6.45, 7) is 5.71. The predicted octanol–water partition coefficient (Wildman–Crippen LogP) is 2.36. The minimum Gasteiger partial charge on any atom is -0.378 e. The molecule has 1 aliphatic rings. The van der Waals surface area contributed by atoms with Gasteiger partial charge in [0.15, 0.2) is 0 Å². The topological polar surface area (TPSA) is 58.0 Å². The van der Waals surface area contributed by atoms with Crippen molar-refractivity contribution >= 4 is 0 Å². The molecule has 0 aromatic heterocycles. The van der Waals surface area contributed by atoms with Crippen molar-refractivity contribution in [3.8, 4) is 0 Å². The first-order valence-corrected chi connectivity index (χ1v) is 4.36. The summed E-state index contributed by atoms with van der Waals surface area (Å²) in [6.07, 6.45) is 1.20. The van der Waals surface area contributed by atoms with Gasteiger partial charge in [0.2, 0.25) is 0 Å². The minimum absolute atomic E-state index is 0.160. The van der Waals surface area contributed by atoms with Crippen LogP contribution in [0.4, 0.5) is 0 Å². The molecule has 1 rings (SSSR count). The summed E-state index contributed by atoms with van der Waals surface area (Å²) < 4.78 is 5.46. The Balaban J connectivity index is 2.30. The predicted molar refractivity (Wildman–Crippen MR) is 46.7 cm³/mol. The molecule has 4 nitrogen and oxygen atoms in total. The average molecular weight is 169 g/mol. The highest BCUT2D eigenvalue weighted by molar-refractivity contribution is 4.77. The zero-order chi connectivity index (χ0) is 8.97. The summed E-state index contributed by atoms with van der Waals surface area (Å²) in [5.74, 6) is 1.31. The van der Waals surface area contributed by atoms with Crippen LogP contribution in [0, 0.1) is 11.8 Å². The van der Waals surface area contributed by atoms with Crippen LogP contribution >= 0.6 is 0 Å². The van der Waals surface area contributed by atoms with Gasteiger partial charge in [0.1, 0.15) is 0 Å². The first-order valence-electron chi connectivity index (χ1n) is 4.36. The highest BCUT2D eigenvalue weighted by Crippen LogP contribution is 2.26. The second kappa shape index (κ2) is 4.33. The van der Waals surface area contributed by atoms with Gasteiger partial charge < -0.3 is 4.74 Å². The quantitative estimate of drug-likeness (QED) is 0.363. The molecule has 0 amide bonds. The number of nitrogens with zero attached hydrogens (tertiary/aromatic N) is 3. The second-order valence-electron chi connectivity index (χ2n) is 3.61. The van der Waals surface area contributed by atoms with E-state index < -0.39 is 0 Å². The summed E-state index contributed by atoms with van der Waals surface area (Å²) in [5.41, 5.74) is 8.10. The van der Waals surface area contributed by atoms with Crippen molar-refractivity contribution in [3.05, 3.63) is 10.4 Å². The maximum Gasteiger partial charge on any atom is 0.0635 e. The minimum atomic E-state index is 0.160. The molecule has 1 aliphatic heterocycles. The van der Waals surface area contributed by atoms with Crippen molar-refractivity contribution in [2.24, 2.45) is 17.0 Å². The summed E-state index contributed by atoms with van der Waals surface area (Å²) in [4.78, 5) is 2.71. The van der Waals surface area contributed by atoms with Crippen molar-refractivity contribution in [3.63, 3.8) is 0 Å². The van der Waals surface area contributed by atoms with Gasteiger partial charge in [0, 0.05) is 4.91 Å². The van der Waals surface area contributed by atoms with Crippen molar-refractivity contribution < 1.29 is 4.74 Å². The van der Waals surface area contributed by atoms with Gasteiger partial charge in [0.05, 0.1) is 19.3 Å². The summed E-state index contributed by atoms with van der Waals surface area (Å²) in [6, 6.07) is 0. The average Bonchev–Trinajstić information content (AvgIpc) is 2.48. The molecule has 0 spiro atoms. The van der Waals surface area contributed by atoms with E-state index in [2.05, 4.69) is 23.9 Å². The highest BCUT2D eigenvalue weighted by Gasteiger charge is 2.26. The Hall–Kier alpha value is -0.730. The Morgan fingerprint density at radius 1 is 1.67 bits per heavy atom. The molecular weight excluding hydrogens is 154 g/mol. The van der Waals surface area contributed by atoms with Crippen LogP contribution in [-0.2, 0) is 4.74 Å². The zero-order valence-electron chi connectivity index (χ0n) is 7.60. The van der Waals surface area contributed by atoms with Gasteiger partial charge in [-0.15, -0.1) is 0 Å². The van der Waals surface area contributed by atoms with Gasteiger partial charge in [-0.05, 0) is 23.8 Å². The third kappa shape index (κ3) is 2.40. The third-order valence-electron chi connectivity index (χ3n) is 2.40. The SMILES string of the molecule is CC(C)[C@H]1CO[C@H](CN=[N+]=[N-])C1. The molecule has 1 fully saturated rings. The molecular formula is C8H15N3O. The van der Waals surface area contributed by atoms with Gasteiger partial charge in [-0.3, -0.25) is 0 Å². The van der Waals surface area contributed by atoms with Crippen LogP contribution in [0.2, 0.25) is 0 Å². The van der Waals surface area contributed by atoms with Gasteiger partial charge >= 0.3 is 0 Å². The van der Waals surface area contributed by atoms with Crippen LogP contribution in [0.15, 0.2) is 5.11 Å². The van der Waals surface area contributed by atoms with E-state index in [0.29, 0.717) is 18.4 Å². The number of hydrogen-bond donors (Lipinski definition) is 0. The largest absolute Gasteiger partial charge is 0.378 e. The Labute approximate surface area is 72.5 Å². The number of ether oxygens (including phenoxy) is 1. The van der Waals surface area contributed by atoms with E-state index in [9.17, 15) is 0 Å². The van der Waals surface area contributed by atoms with Crippen molar-refractivity contribution in [2.45, 2.75) is 26.4 Å². The molecule has 0 N–H and O–H groups in total. The normalized spacial score (nSPS) is 28.9. The molecule has 0 bridgehead atoms. The van der Waals surface area contributed by atoms with Crippen LogP contribution < -0.4 is 0 Å². The van der Waals surface area contributed by atoms with Gasteiger partial charge in [-0.1, -0.05) is 19.0 Å². The first kappa shape index (κ1) is 9.36. The number of rotatable bonds is 3. The Morgan fingerprint density at radius 3 is 2.92 bits per heavy atom. The Bertz CT molecular complexity index is 187. The van der Waals surface area contributed by atoms with Crippen molar-refractivity contribution in [2.75, 3.05) is 13.2 Å². The van der Waals surface area contributed by atoms with E-state index in [0.717, 1.165) is 13.0 Å². The molecule has 68 valence electrons. The molecule has 0 aliphatic carbocycles. The molecule has 2 atom stereocenters. The van der Waals surface area contributed by atoms with Crippen molar-refractivity contribution in [1.82, 2.24) is 0 Å². The van der Waals surface area contributed by atoms with Gasteiger partial charge in [0.25, 0.3) is 0 Å². The van der Waals surface area contributed by atoms with Gasteiger partial charge in [-0.25, -0.2) is 0 Å². The summed E-state index contributed by atoms with van der Waals surface area (Å²) in [5, 5.41) is 3.50. The first-order chi connectivity index (χ1) is 5.74. The van der Waals surface area contributed by atoms with E-state index in [1.165, 1.54) is 0 Å². The van der Waals surface area contributed by atoms with Gasteiger partial charge in [-0.2, -0.15) is 0 Å². The lowest BCUT2D eigenvalue weighted by atomic mass is 9.93. The maximum absolute atomic E-state index is 8.10. The van der Waals surface area contributed by atoms with E-state index in [1.807, 2.05) is 0 Å². The van der Waals surface area contributed by atoms with Crippen LogP contribution in [-0.4, -0.2) is 19.3 Å². The summed E-state index contributed by atoms with van der Waals surface area (Å²) >= 11 is 0. The molecule has 0 aromatic carbocycles. The van der Waals surface area contributed by atoms with E-state index >= 15 is 0 Å². The molecule has 1 saturated heterocycles. The molecule has 12 heavy (non-hydrogen) atoms. The third-order valence-corrected chi connectivity index (χ3v) is 2.40. The number of azide groups is 1. The van der Waals surface area contributed by atoms with E-state index in [1.54, 1.807) is 0 Å². The highest BCUT2D eigenvalue weighted by atomic mass is 16.5. The van der Waals surface area contributed by atoms with Crippen LogP contribution in [0.1, 0.15) is 20.3 Å². The van der Waals surface area contributed by atoms with Crippen molar-refractivity contribution in [1.29, 1.82) is 0 Å². The Morgan fingerprint density at radius 2 is 2.42 bits per heavy atom. The fourth-order valence-electron chi connectivity index (χ4n) is 1.45. The standard InChI is InChI=1S/C8H15N3O/c1-6(2)7-3-8(12-5-7)4-10-11-9/h6-8H,3-5H2,1-2H3/t7-,8+/m1/s1. The number of hydrogen-bond acceptors (Lipinski definition) is 2. The van der Waals surface area contributed by atoms with E-state index in [4.69, 9.17) is 10.3 Å². The van der Waals surface area contributed by atoms with Crippen LogP contribution in [0.25, 0.3) is 10.4 Å². The monoisotopic (exact) mass is 169 g/mol. The second-order valence-corrected chi connectivity index (χ2v) is 3.61. The molecule has 0 saturated carbocycles. The summed E-state index contributed by atoms with van der Waals surface area (Å²) in [7, 11) is 0. The van der Waals surface area contributed by atoms with Crippen LogP contribution in [0.3, 0.4) is 0 Å².